The van der Waals surface area contributed by atoms with E-state index in [0.717, 1.165) is 24.6 Å². The zero-order valence-corrected chi connectivity index (χ0v) is 13.4. The fourth-order valence-electron chi connectivity index (χ4n) is 1.40. The standard InChI is InChI=1S/C10H19N3O2S.HI/c1-8(9(14)15-2)7-12-10(11)13-3-5-16-6-4-13;/h8H,3-7H2,1-2H3,(H2,11,12);1H. The van der Waals surface area contributed by atoms with E-state index in [4.69, 9.17) is 5.73 Å². The Bertz CT molecular complexity index is 270. The first kappa shape index (κ1) is 16.8. The highest BCUT2D eigenvalue weighted by Gasteiger charge is 2.15. The zero-order chi connectivity index (χ0) is 12.0. The maximum absolute atomic E-state index is 11.2. The van der Waals surface area contributed by atoms with E-state index in [1.54, 1.807) is 6.92 Å². The summed E-state index contributed by atoms with van der Waals surface area (Å²) in [5.74, 6) is 2.23. The summed E-state index contributed by atoms with van der Waals surface area (Å²) in [5.41, 5.74) is 5.85. The van der Waals surface area contributed by atoms with Gasteiger partial charge in [-0.2, -0.15) is 11.8 Å². The van der Waals surface area contributed by atoms with Gasteiger partial charge < -0.3 is 15.4 Å². The Kier molecular flexibility index (Phi) is 8.75. The number of esters is 1. The Morgan fingerprint density at radius 2 is 2.12 bits per heavy atom. The van der Waals surface area contributed by atoms with Crippen LogP contribution < -0.4 is 5.73 Å². The lowest BCUT2D eigenvalue weighted by Crippen LogP contribution is -2.43. The lowest BCUT2D eigenvalue weighted by molar-refractivity contribution is -0.144. The largest absolute Gasteiger partial charge is 0.469 e. The molecule has 0 aromatic heterocycles. The van der Waals surface area contributed by atoms with E-state index >= 15 is 0 Å². The highest BCUT2D eigenvalue weighted by molar-refractivity contribution is 14.0. The summed E-state index contributed by atoms with van der Waals surface area (Å²) in [6.45, 7) is 4.05. The van der Waals surface area contributed by atoms with E-state index in [0.29, 0.717) is 12.5 Å². The van der Waals surface area contributed by atoms with Crippen molar-refractivity contribution in [1.82, 2.24) is 4.90 Å². The molecule has 1 aliphatic rings. The molecule has 0 aromatic rings. The second-order valence-electron chi connectivity index (χ2n) is 3.72. The summed E-state index contributed by atoms with van der Waals surface area (Å²) in [6.07, 6.45) is 0. The van der Waals surface area contributed by atoms with Crippen LogP contribution in [0.5, 0.6) is 0 Å². The second kappa shape index (κ2) is 8.84. The van der Waals surface area contributed by atoms with E-state index < -0.39 is 0 Å². The van der Waals surface area contributed by atoms with Crippen LogP contribution in [0.4, 0.5) is 0 Å². The summed E-state index contributed by atoms with van der Waals surface area (Å²) in [7, 11) is 1.38. The Labute approximate surface area is 124 Å². The van der Waals surface area contributed by atoms with E-state index in [1.165, 1.54) is 7.11 Å². The normalized spacial score (nSPS) is 18.2. The van der Waals surface area contributed by atoms with Gasteiger partial charge in [0.2, 0.25) is 0 Å². The molecule has 100 valence electrons. The molecule has 7 heteroatoms. The minimum absolute atomic E-state index is 0. The highest BCUT2D eigenvalue weighted by Crippen LogP contribution is 2.08. The van der Waals surface area contributed by atoms with Crippen molar-refractivity contribution in [1.29, 1.82) is 0 Å². The average Bonchev–Trinajstić information content (AvgIpc) is 2.35. The van der Waals surface area contributed by atoms with Crippen LogP contribution in [0.2, 0.25) is 0 Å². The van der Waals surface area contributed by atoms with Crippen LogP contribution in [0.3, 0.4) is 0 Å². The maximum atomic E-state index is 11.2. The summed E-state index contributed by atoms with van der Waals surface area (Å²) >= 11 is 1.92. The molecule has 0 amide bonds. The number of carbonyl (C=O) groups is 1. The Morgan fingerprint density at radius 3 is 2.65 bits per heavy atom. The van der Waals surface area contributed by atoms with Gasteiger partial charge in [0.15, 0.2) is 5.96 Å². The maximum Gasteiger partial charge on any atom is 0.310 e. The Balaban J connectivity index is 0.00000256. The molecule has 0 aliphatic carbocycles. The molecule has 0 radical (unpaired) electrons. The van der Waals surface area contributed by atoms with Crippen molar-refractivity contribution in [2.24, 2.45) is 16.6 Å². The zero-order valence-electron chi connectivity index (χ0n) is 10.2. The third kappa shape index (κ3) is 5.80. The molecular weight excluding hydrogens is 353 g/mol. The fourth-order valence-corrected chi connectivity index (χ4v) is 2.30. The van der Waals surface area contributed by atoms with Gasteiger partial charge in [0, 0.05) is 24.6 Å². The molecule has 2 N–H and O–H groups in total. The van der Waals surface area contributed by atoms with Crippen molar-refractivity contribution >= 4 is 47.7 Å². The fraction of sp³-hybridized carbons (Fsp3) is 0.800. The second-order valence-corrected chi connectivity index (χ2v) is 4.95. The van der Waals surface area contributed by atoms with Crippen LogP contribution in [0.15, 0.2) is 4.99 Å². The van der Waals surface area contributed by atoms with E-state index in [9.17, 15) is 4.79 Å². The van der Waals surface area contributed by atoms with Crippen molar-refractivity contribution < 1.29 is 9.53 Å². The first-order valence-corrected chi connectivity index (χ1v) is 6.51. The third-order valence-electron chi connectivity index (χ3n) is 2.47. The lowest BCUT2D eigenvalue weighted by atomic mass is 10.2. The lowest BCUT2D eigenvalue weighted by Gasteiger charge is -2.27. The monoisotopic (exact) mass is 373 g/mol. The highest BCUT2D eigenvalue weighted by atomic mass is 127. The number of nitrogens with two attached hydrogens (primary N) is 1. The van der Waals surface area contributed by atoms with Crippen molar-refractivity contribution in [2.75, 3.05) is 38.2 Å². The molecule has 0 saturated carbocycles. The van der Waals surface area contributed by atoms with E-state index in [2.05, 4.69) is 14.6 Å². The number of hydrogen-bond donors (Lipinski definition) is 1. The number of aliphatic imine (C=N–C) groups is 1. The van der Waals surface area contributed by atoms with Gasteiger partial charge >= 0.3 is 5.97 Å². The van der Waals surface area contributed by atoms with Gasteiger partial charge in [-0.3, -0.25) is 9.79 Å². The van der Waals surface area contributed by atoms with Gasteiger partial charge in [-0.05, 0) is 0 Å². The molecular formula is C10H20IN3O2S. The molecule has 1 saturated heterocycles. The molecule has 1 rings (SSSR count). The minimum Gasteiger partial charge on any atom is -0.469 e. The van der Waals surface area contributed by atoms with Crippen LogP contribution >= 0.6 is 35.7 Å². The molecule has 5 nitrogen and oxygen atoms in total. The quantitative estimate of drug-likeness (QED) is 0.343. The van der Waals surface area contributed by atoms with Gasteiger partial charge in [0.1, 0.15) is 0 Å². The van der Waals surface area contributed by atoms with E-state index in [-0.39, 0.29) is 35.9 Å². The summed E-state index contributed by atoms with van der Waals surface area (Å²) in [4.78, 5) is 17.4. The van der Waals surface area contributed by atoms with Gasteiger partial charge in [-0.15, -0.1) is 24.0 Å². The van der Waals surface area contributed by atoms with Crippen LogP contribution in [-0.4, -0.2) is 55.1 Å². The number of rotatable bonds is 3. The van der Waals surface area contributed by atoms with Crippen LogP contribution in [-0.2, 0) is 9.53 Å². The number of halogens is 1. The first-order chi connectivity index (χ1) is 7.65. The molecule has 1 heterocycles. The predicted molar refractivity (Wildman–Crippen MR) is 82.0 cm³/mol. The first-order valence-electron chi connectivity index (χ1n) is 5.35. The molecule has 0 aromatic carbocycles. The number of ether oxygens (including phenoxy) is 1. The van der Waals surface area contributed by atoms with Gasteiger partial charge in [-0.25, -0.2) is 0 Å². The van der Waals surface area contributed by atoms with Gasteiger partial charge in [-0.1, -0.05) is 6.92 Å². The van der Waals surface area contributed by atoms with Crippen molar-refractivity contribution in [3.63, 3.8) is 0 Å². The predicted octanol–water partition coefficient (Wildman–Crippen LogP) is 0.777. The minimum atomic E-state index is -0.245. The van der Waals surface area contributed by atoms with Crippen molar-refractivity contribution in [3.8, 4) is 0 Å². The number of nitrogens with zero attached hydrogens (tertiary/aromatic N) is 2. The molecule has 1 unspecified atom stereocenters. The van der Waals surface area contributed by atoms with Gasteiger partial charge in [0.05, 0.1) is 19.6 Å². The number of hydrogen-bond acceptors (Lipinski definition) is 4. The van der Waals surface area contributed by atoms with Gasteiger partial charge in [0.25, 0.3) is 0 Å². The number of methoxy groups -OCH3 is 1. The summed E-state index contributed by atoms with van der Waals surface area (Å²) in [6, 6.07) is 0. The smallest absolute Gasteiger partial charge is 0.310 e. The number of carbonyl (C=O) groups excluding carboxylic acids is 1. The van der Waals surface area contributed by atoms with Crippen LogP contribution in [0, 0.1) is 5.92 Å². The molecule has 0 spiro atoms. The SMILES string of the molecule is COC(=O)C(C)CN=C(N)N1CCSCC1.I. The average molecular weight is 373 g/mol. The molecule has 1 fully saturated rings. The molecule has 1 atom stereocenters. The van der Waals surface area contributed by atoms with E-state index in [1.807, 2.05) is 11.8 Å². The number of guanidine groups is 1. The topological polar surface area (TPSA) is 67.9 Å². The summed E-state index contributed by atoms with van der Waals surface area (Å²) in [5, 5.41) is 0. The Morgan fingerprint density at radius 1 is 1.53 bits per heavy atom. The molecule has 0 bridgehead atoms. The number of thioether (sulfide) groups is 1. The summed E-state index contributed by atoms with van der Waals surface area (Å²) < 4.78 is 4.62. The van der Waals surface area contributed by atoms with Crippen LogP contribution in [0.1, 0.15) is 6.92 Å². The van der Waals surface area contributed by atoms with Crippen molar-refractivity contribution in [2.45, 2.75) is 6.92 Å². The third-order valence-corrected chi connectivity index (χ3v) is 3.41. The Hall–Kier alpha value is -0.180. The molecule has 17 heavy (non-hydrogen) atoms. The van der Waals surface area contributed by atoms with Crippen molar-refractivity contribution in [3.05, 3.63) is 0 Å². The van der Waals surface area contributed by atoms with Crippen LogP contribution in [0.25, 0.3) is 0 Å². The molecule has 1 aliphatic heterocycles.